The molecule has 0 aliphatic carbocycles. The molecule has 0 aromatic heterocycles. The van der Waals surface area contributed by atoms with Crippen LogP contribution in [0.15, 0.2) is 170 Å². The van der Waals surface area contributed by atoms with Crippen LogP contribution in [-0.4, -0.2) is 20.1 Å². The van der Waals surface area contributed by atoms with E-state index in [4.69, 9.17) is 4.74 Å². The second-order valence-electron chi connectivity index (χ2n) is 50.2. The zero-order valence-corrected chi connectivity index (χ0v) is 81.5. The molecule has 0 fully saturated rings. The Morgan fingerprint density at radius 1 is 0.187 bits per heavy atom. The SMILES string of the molecule is CC(C)(C)c1cc(N2c3cc(C(C)(C)C)ccc3B3c4cc5c(cc4N(c4cc(C(C)(C)C)cc(C(C)(C)C)c4)c4cccc2c43)N(c2cc(C(C)(C)C)cc(C(C)(C)C)c2)c2cc3c4c6c2B5c2ccc(C(C)(C)C)c5c2N6c2c(ccc(C(C)(C)C)c2O5)B4c2ccc(C(C)(C)C)cc2N3c2cc(C(C)(C)C)cc(C(C)(C)C)c2)cc(C(C)(C)C)c1. The Hall–Kier alpha value is -9.59. The van der Waals surface area contributed by atoms with Gasteiger partial charge >= 0.3 is 0 Å². The maximum Gasteiger partial charge on any atom is 0.252 e. The van der Waals surface area contributed by atoms with E-state index < -0.39 is 0 Å². The number of ether oxygens (including phenoxy) is 1. The first-order valence-electron chi connectivity index (χ1n) is 46.1. The van der Waals surface area contributed by atoms with Gasteiger partial charge in [0, 0.05) is 85.1 Å². The summed E-state index contributed by atoms with van der Waals surface area (Å²) in [5, 5.41) is 0. The average Bonchev–Trinajstić information content (AvgIpc) is 0.653. The van der Waals surface area contributed by atoms with E-state index in [0.29, 0.717) is 0 Å². The lowest BCUT2D eigenvalue weighted by atomic mass is 9.27. The van der Waals surface area contributed by atoms with E-state index in [-0.39, 0.29) is 85.1 Å². The third kappa shape index (κ3) is 13.3. The first-order chi connectivity index (χ1) is 56.6. The molecule has 123 heavy (non-hydrogen) atoms. The Morgan fingerprint density at radius 3 is 0.724 bits per heavy atom. The molecule has 0 radical (unpaired) electrons. The van der Waals surface area contributed by atoms with Gasteiger partial charge in [-0.25, -0.2) is 0 Å². The highest BCUT2D eigenvalue weighted by Gasteiger charge is 2.57. The van der Waals surface area contributed by atoms with Crippen molar-refractivity contribution in [2.45, 2.75) is 314 Å². The molecule has 7 aliphatic rings. The molecule has 9 heteroatoms. The highest BCUT2D eigenvalue weighted by atomic mass is 16.5. The Kier molecular flexibility index (Phi) is 18.2. The van der Waals surface area contributed by atoms with Crippen molar-refractivity contribution < 1.29 is 4.74 Å². The zero-order chi connectivity index (χ0) is 89.1. The summed E-state index contributed by atoms with van der Waals surface area (Å²) in [5.74, 6) is 1.93. The molecule has 0 unspecified atom stereocenters. The van der Waals surface area contributed by atoms with Crippen LogP contribution in [0, 0.1) is 0 Å². The smallest absolute Gasteiger partial charge is 0.252 e. The predicted molar refractivity (Wildman–Crippen MR) is 538 cm³/mol. The van der Waals surface area contributed by atoms with Gasteiger partial charge < -0.3 is 29.2 Å². The van der Waals surface area contributed by atoms with Crippen molar-refractivity contribution in [3.05, 3.63) is 237 Å². The van der Waals surface area contributed by atoms with Gasteiger partial charge in [0.2, 0.25) is 0 Å². The predicted octanol–water partition coefficient (Wildman–Crippen LogP) is 26.1. The first-order valence-corrected chi connectivity index (χ1v) is 46.1. The highest BCUT2D eigenvalue weighted by molar-refractivity contribution is 7.06. The number of hydrogen-bond acceptors (Lipinski definition) is 6. The van der Waals surface area contributed by atoms with E-state index in [0.717, 1.165) is 22.9 Å². The molecule has 18 rings (SSSR count). The average molecular weight is 1620 g/mol. The molecule has 0 amide bonds. The molecule has 0 spiro atoms. The molecular formula is C114H136B3N5O. The summed E-state index contributed by atoms with van der Waals surface area (Å²) in [6, 6.07) is 71.3. The van der Waals surface area contributed by atoms with Crippen LogP contribution in [0.25, 0.3) is 0 Å². The van der Waals surface area contributed by atoms with Gasteiger partial charge in [-0.05, 0) is 255 Å². The minimum absolute atomic E-state index is 0.129. The second kappa shape index (κ2) is 26.5. The summed E-state index contributed by atoms with van der Waals surface area (Å²) < 4.78 is 8.26. The van der Waals surface area contributed by atoms with E-state index in [1.807, 2.05) is 0 Å². The van der Waals surface area contributed by atoms with E-state index in [2.05, 4.69) is 444 Å². The fourth-order valence-electron chi connectivity index (χ4n) is 20.9. The van der Waals surface area contributed by atoms with Crippen molar-refractivity contribution in [3.8, 4) is 11.5 Å². The largest absolute Gasteiger partial charge is 0.452 e. The van der Waals surface area contributed by atoms with Gasteiger partial charge in [-0.15, -0.1) is 0 Å². The van der Waals surface area contributed by atoms with Crippen LogP contribution in [0.4, 0.5) is 85.3 Å². The second-order valence-corrected chi connectivity index (χ2v) is 50.2. The molecule has 11 aromatic carbocycles. The lowest BCUT2D eigenvalue weighted by Gasteiger charge is -2.53. The third-order valence-electron chi connectivity index (χ3n) is 28.5. The summed E-state index contributed by atoms with van der Waals surface area (Å²) in [5.41, 5.74) is 42.9. The Bertz CT molecular complexity index is 6210. The fourth-order valence-corrected chi connectivity index (χ4v) is 20.9. The van der Waals surface area contributed by atoms with Gasteiger partial charge in [-0.2, -0.15) is 0 Å². The van der Waals surface area contributed by atoms with Crippen LogP contribution < -0.4 is 78.4 Å². The Labute approximate surface area is 741 Å². The number of rotatable bonds is 4. The lowest BCUT2D eigenvalue weighted by Crippen LogP contribution is -2.70. The molecule has 7 heterocycles. The number of anilines is 15. The van der Waals surface area contributed by atoms with E-state index in [1.165, 1.54) is 190 Å². The van der Waals surface area contributed by atoms with Crippen molar-refractivity contribution >= 4 is 155 Å². The quantitative estimate of drug-likeness (QED) is 0.163. The van der Waals surface area contributed by atoms with Crippen LogP contribution in [0.1, 0.15) is 316 Å². The number of benzene rings is 11. The molecule has 7 aliphatic heterocycles. The van der Waals surface area contributed by atoms with Gasteiger partial charge in [-0.3, -0.25) is 0 Å². The van der Waals surface area contributed by atoms with E-state index in [1.54, 1.807) is 0 Å². The maximum atomic E-state index is 8.26. The van der Waals surface area contributed by atoms with Gasteiger partial charge in [0.05, 0.1) is 11.4 Å². The lowest BCUT2D eigenvalue weighted by molar-refractivity contribution is 0.433. The third-order valence-corrected chi connectivity index (χ3v) is 28.5. The van der Waals surface area contributed by atoms with Crippen LogP contribution in [-0.2, 0) is 65.0 Å². The minimum atomic E-state index is -0.309. The van der Waals surface area contributed by atoms with Crippen LogP contribution in [0.5, 0.6) is 11.5 Å². The molecule has 0 saturated carbocycles. The zero-order valence-electron chi connectivity index (χ0n) is 81.5. The normalized spacial score (nSPS) is 15.4. The molecule has 632 valence electrons. The van der Waals surface area contributed by atoms with Gasteiger partial charge in [-0.1, -0.05) is 334 Å². The summed E-state index contributed by atoms with van der Waals surface area (Å²) in [6.07, 6.45) is 0. The molecule has 0 bridgehead atoms. The Balaban J connectivity index is 1.06. The van der Waals surface area contributed by atoms with E-state index in [9.17, 15) is 0 Å². The van der Waals surface area contributed by atoms with Crippen molar-refractivity contribution in [2.75, 3.05) is 24.5 Å². The van der Waals surface area contributed by atoms with Crippen molar-refractivity contribution in [1.82, 2.24) is 0 Å². The van der Waals surface area contributed by atoms with Crippen molar-refractivity contribution in [3.63, 3.8) is 0 Å². The van der Waals surface area contributed by atoms with Gasteiger partial charge in [0.1, 0.15) is 0 Å². The molecule has 0 atom stereocenters. The summed E-state index contributed by atoms with van der Waals surface area (Å²) >= 11 is 0. The number of nitrogens with zero attached hydrogens (tertiary/aromatic N) is 5. The number of hydrogen-bond donors (Lipinski definition) is 0. The molecule has 11 aromatic rings. The van der Waals surface area contributed by atoms with E-state index >= 15 is 0 Å². The maximum absolute atomic E-state index is 8.26. The standard InChI is InChI=1S/C114H136B3N5O/c1-103(2,3)65-41-45-82-89(60-65)118(75-52-67(105(7,8)9)48-68(53-75)106(10,11)12)87-38-37-39-88-95(87)116(82)85-62-86-92(63-91(85)119(88)76-54-69(107(13,14)15)49-70(55-76)108(16,17)18)121(78-58-73(111(25,26)27)51-74(59-78)112(28,29)30)94-64-93-96-100-97(94)117(86)84-47-43-80(114(34,35)36)102-99(84)122(100)98-83(46-42-79(101(98)123-102)113(31,32)33)115(96)81-44-40-66(104(4,5)6)61-90(81)120(93)77-56-71(109(19,20)21)50-72(57-77)110(22,23)24/h37-64H,1-36H3. The van der Waals surface area contributed by atoms with Gasteiger partial charge in [0.15, 0.2) is 11.5 Å². The molecule has 6 nitrogen and oxygen atoms in total. The fraction of sp³-hybridized carbons (Fsp3) is 0.421. The van der Waals surface area contributed by atoms with Crippen LogP contribution >= 0.6 is 0 Å². The first kappa shape index (κ1) is 84.3. The summed E-state index contributed by atoms with van der Waals surface area (Å²) in [6.45, 7) is 85.6. The molecular weight excluding hydrogens is 1490 g/mol. The van der Waals surface area contributed by atoms with Crippen LogP contribution in [0.3, 0.4) is 0 Å². The molecule has 0 saturated heterocycles. The van der Waals surface area contributed by atoms with Gasteiger partial charge in [0.25, 0.3) is 20.1 Å². The topological polar surface area (TPSA) is 25.4 Å². The Morgan fingerprint density at radius 2 is 0.439 bits per heavy atom. The monoisotopic (exact) mass is 1620 g/mol. The minimum Gasteiger partial charge on any atom is -0.452 e. The molecule has 0 N–H and O–H groups in total. The number of fused-ring (bicyclic) bond motifs is 10. The van der Waals surface area contributed by atoms with Crippen molar-refractivity contribution in [2.24, 2.45) is 0 Å². The highest BCUT2D eigenvalue weighted by Crippen LogP contribution is 2.61. The van der Waals surface area contributed by atoms with Crippen LogP contribution in [0.2, 0.25) is 0 Å². The summed E-state index contributed by atoms with van der Waals surface area (Å²) in [4.78, 5) is 13.8. The van der Waals surface area contributed by atoms with Crippen molar-refractivity contribution in [1.29, 1.82) is 0 Å². The summed E-state index contributed by atoms with van der Waals surface area (Å²) in [7, 11) is 0.